The lowest BCUT2D eigenvalue weighted by Crippen LogP contribution is -2.40. The number of rotatable bonds is 8. The Morgan fingerprint density at radius 3 is 2.56 bits per heavy atom. The molecule has 1 fully saturated rings. The van der Waals surface area contributed by atoms with Gasteiger partial charge in [0.1, 0.15) is 5.82 Å². The predicted molar refractivity (Wildman–Crippen MR) is 92.0 cm³/mol. The number of carbonyl (C=O) groups excluding carboxylic acids is 1. The van der Waals surface area contributed by atoms with E-state index in [1.807, 2.05) is 0 Å². The molecule has 0 aliphatic carbocycles. The first-order chi connectivity index (χ1) is 12.0. The maximum atomic E-state index is 12.9. The van der Waals surface area contributed by atoms with Gasteiger partial charge in [-0.3, -0.25) is 14.9 Å². The number of hydrogen-bond donors (Lipinski definition) is 2. The summed E-state index contributed by atoms with van der Waals surface area (Å²) >= 11 is 0. The number of nitrogens with zero attached hydrogens (tertiary/aromatic N) is 2. The number of halogens is 1. The van der Waals surface area contributed by atoms with Gasteiger partial charge in [0.05, 0.1) is 4.92 Å². The van der Waals surface area contributed by atoms with E-state index >= 15 is 0 Å². The van der Waals surface area contributed by atoms with Crippen LogP contribution in [0.2, 0.25) is 0 Å². The molecule has 0 unspecified atom stereocenters. The van der Waals surface area contributed by atoms with Crippen LogP contribution in [-0.4, -0.2) is 48.8 Å². The summed E-state index contributed by atoms with van der Waals surface area (Å²) in [6.45, 7) is 2.92. The van der Waals surface area contributed by atoms with Gasteiger partial charge in [-0.1, -0.05) is 0 Å². The normalized spacial score (nSPS) is 16.5. The molecule has 1 saturated heterocycles. The van der Waals surface area contributed by atoms with E-state index in [0.717, 1.165) is 38.7 Å². The molecule has 0 saturated carbocycles. The highest BCUT2D eigenvalue weighted by atomic mass is 19.1. The van der Waals surface area contributed by atoms with Crippen molar-refractivity contribution < 1.29 is 14.1 Å². The third-order valence-electron chi connectivity index (χ3n) is 4.33. The summed E-state index contributed by atoms with van der Waals surface area (Å²) < 4.78 is 12.9. The highest BCUT2D eigenvalue weighted by molar-refractivity contribution is 5.97. The Hall–Kier alpha value is -2.48. The van der Waals surface area contributed by atoms with E-state index in [1.54, 1.807) is 7.05 Å². The van der Waals surface area contributed by atoms with E-state index in [2.05, 4.69) is 15.5 Å². The smallest absolute Gasteiger partial charge is 0.274 e. The summed E-state index contributed by atoms with van der Waals surface area (Å²) in [5.74, 6) is 0.0680. The standard InChI is InChI=1S/C17H23FN4O3/c1-19-16(12-22(24)25)20-8-11-21-9-6-14(7-10-21)17(23)13-2-4-15(18)5-3-13/h2-5,12,14,19-20H,6-11H2,1H3. The van der Waals surface area contributed by atoms with E-state index < -0.39 is 4.92 Å². The number of carbonyl (C=O) groups is 1. The van der Waals surface area contributed by atoms with Crippen molar-refractivity contribution in [1.82, 2.24) is 15.5 Å². The molecule has 1 aliphatic heterocycles. The lowest BCUT2D eigenvalue weighted by Gasteiger charge is -2.31. The average Bonchev–Trinajstić information content (AvgIpc) is 2.61. The van der Waals surface area contributed by atoms with Gasteiger partial charge < -0.3 is 15.5 Å². The van der Waals surface area contributed by atoms with Gasteiger partial charge in [-0.05, 0) is 50.2 Å². The van der Waals surface area contributed by atoms with E-state index in [1.165, 1.54) is 24.3 Å². The predicted octanol–water partition coefficient (Wildman–Crippen LogP) is 1.60. The fourth-order valence-electron chi connectivity index (χ4n) is 2.92. The van der Waals surface area contributed by atoms with Crippen molar-refractivity contribution >= 4 is 5.78 Å². The number of ketones is 1. The molecule has 1 aliphatic rings. The summed E-state index contributed by atoms with van der Waals surface area (Å²) in [5, 5.41) is 16.2. The fraction of sp³-hybridized carbons (Fsp3) is 0.471. The molecule has 0 radical (unpaired) electrons. The molecule has 0 bridgehead atoms. The third-order valence-corrected chi connectivity index (χ3v) is 4.33. The second kappa shape index (κ2) is 9.12. The quantitative estimate of drug-likeness (QED) is 0.421. The van der Waals surface area contributed by atoms with Gasteiger partial charge in [0.15, 0.2) is 11.6 Å². The number of hydrogen-bond acceptors (Lipinski definition) is 6. The van der Waals surface area contributed by atoms with E-state index in [9.17, 15) is 19.3 Å². The molecule has 1 heterocycles. The molecule has 1 aromatic carbocycles. The molecule has 7 nitrogen and oxygen atoms in total. The summed E-state index contributed by atoms with van der Waals surface area (Å²) in [7, 11) is 1.62. The van der Waals surface area contributed by atoms with Crippen molar-refractivity contribution in [2.24, 2.45) is 5.92 Å². The molecule has 0 atom stereocenters. The first kappa shape index (κ1) is 18.9. The Bertz CT molecular complexity index is 625. The molecule has 0 aromatic heterocycles. The van der Waals surface area contributed by atoms with Crippen molar-refractivity contribution in [3.63, 3.8) is 0 Å². The zero-order chi connectivity index (χ0) is 18.2. The topological polar surface area (TPSA) is 87.5 Å². The Kier molecular flexibility index (Phi) is 6.88. The third kappa shape index (κ3) is 5.82. The average molecular weight is 350 g/mol. The van der Waals surface area contributed by atoms with Crippen molar-refractivity contribution in [2.75, 3.05) is 33.2 Å². The minimum atomic E-state index is -0.509. The Morgan fingerprint density at radius 1 is 1.36 bits per heavy atom. The molecule has 2 N–H and O–H groups in total. The fourth-order valence-corrected chi connectivity index (χ4v) is 2.92. The van der Waals surface area contributed by atoms with E-state index in [0.29, 0.717) is 17.9 Å². The van der Waals surface area contributed by atoms with Crippen LogP contribution in [-0.2, 0) is 0 Å². The molecule has 1 aromatic rings. The van der Waals surface area contributed by atoms with Gasteiger partial charge in [-0.25, -0.2) is 4.39 Å². The number of Topliss-reactive ketones (excluding diaryl/α,β-unsaturated/α-hetero) is 1. The van der Waals surface area contributed by atoms with Crippen LogP contribution < -0.4 is 10.6 Å². The van der Waals surface area contributed by atoms with Crippen LogP contribution in [0.3, 0.4) is 0 Å². The maximum Gasteiger partial charge on any atom is 0.274 e. The minimum absolute atomic E-state index is 0.0306. The van der Waals surface area contributed by atoms with Crippen LogP contribution in [0.5, 0.6) is 0 Å². The summed E-state index contributed by atoms with van der Waals surface area (Å²) in [6, 6.07) is 5.70. The monoisotopic (exact) mass is 350 g/mol. The number of nitrogens with one attached hydrogen (secondary N) is 2. The number of likely N-dealkylation sites (tertiary alicyclic amines) is 1. The van der Waals surface area contributed by atoms with Gasteiger partial charge in [-0.2, -0.15) is 0 Å². The summed E-state index contributed by atoms with van der Waals surface area (Å²) in [4.78, 5) is 24.6. The zero-order valence-electron chi connectivity index (χ0n) is 14.2. The Balaban J connectivity index is 1.75. The number of benzene rings is 1. The highest BCUT2D eigenvalue weighted by Gasteiger charge is 2.25. The molecule has 8 heteroatoms. The molecule has 2 rings (SSSR count). The lowest BCUT2D eigenvalue weighted by atomic mass is 9.89. The summed E-state index contributed by atoms with van der Waals surface area (Å²) in [5.41, 5.74) is 0.560. The highest BCUT2D eigenvalue weighted by Crippen LogP contribution is 2.21. The second-order valence-corrected chi connectivity index (χ2v) is 5.99. The van der Waals surface area contributed by atoms with Gasteiger partial charge in [0.2, 0.25) is 0 Å². The second-order valence-electron chi connectivity index (χ2n) is 5.99. The molecular weight excluding hydrogens is 327 g/mol. The van der Waals surface area contributed by atoms with Crippen molar-refractivity contribution in [3.05, 3.63) is 57.8 Å². The number of nitro groups is 1. The largest absolute Gasteiger partial charge is 0.370 e. The first-order valence-corrected chi connectivity index (χ1v) is 8.28. The maximum absolute atomic E-state index is 12.9. The van der Waals surface area contributed by atoms with Gasteiger partial charge in [0.25, 0.3) is 6.20 Å². The first-order valence-electron chi connectivity index (χ1n) is 8.28. The lowest BCUT2D eigenvalue weighted by molar-refractivity contribution is -0.404. The molecular formula is C17H23FN4O3. The van der Waals surface area contributed by atoms with Gasteiger partial charge in [-0.15, -0.1) is 0 Å². The van der Waals surface area contributed by atoms with Crippen LogP contribution in [0.25, 0.3) is 0 Å². The van der Waals surface area contributed by atoms with Crippen LogP contribution in [0, 0.1) is 21.8 Å². The number of piperidine rings is 1. The van der Waals surface area contributed by atoms with Crippen molar-refractivity contribution in [1.29, 1.82) is 0 Å². The van der Waals surface area contributed by atoms with Crippen molar-refractivity contribution in [3.8, 4) is 0 Å². The summed E-state index contributed by atoms with van der Waals surface area (Å²) in [6.07, 6.45) is 2.42. The SMILES string of the molecule is CNC(=C[N+](=O)[O-])NCCN1CCC(C(=O)c2ccc(F)cc2)CC1. The Morgan fingerprint density at radius 2 is 2.00 bits per heavy atom. The van der Waals surface area contributed by atoms with Crippen LogP contribution in [0.15, 0.2) is 36.3 Å². The van der Waals surface area contributed by atoms with Gasteiger partial charge in [0, 0.05) is 31.6 Å². The van der Waals surface area contributed by atoms with Crippen LogP contribution in [0.1, 0.15) is 23.2 Å². The molecule has 0 spiro atoms. The molecule has 136 valence electrons. The van der Waals surface area contributed by atoms with Crippen LogP contribution >= 0.6 is 0 Å². The van der Waals surface area contributed by atoms with Gasteiger partial charge >= 0.3 is 0 Å². The molecule has 25 heavy (non-hydrogen) atoms. The van der Waals surface area contributed by atoms with Crippen molar-refractivity contribution in [2.45, 2.75) is 12.8 Å². The minimum Gasteiger partial charge on any atom is -0.370 e. The van der Waals surface area contributed by atoms with Crippen LogP contribution in [0.4, 0.5) is 4.39 Å². The molecule has 0 amide bonds. The zero-order valence-corrected chi connectivity index (χ0v) is 14.2. The Labute approximate surface area is 146 Å². The van der Waals surface area contributed by atoms with E-state index in [-0.39, 0.29) is 17.5 Å². The van der Waals surface area contributed by atoms with E-state index in [4.69, 9.17) is 0 Å².